The average Bonchev–Trinajstić information content (AvgIpc) is 2.69. The van der Waals surface area contributed by atoms with Gasteiger partial charge in [-0.2, -0.15) is 0 Å². The molecular weight excluding hydrogens is 200 g/mol. The van der Waals surface area contributed by atoms with Crippen molar-refractivity contribution in [1.82, 2.24) is 20.3 Å². The van der Waals surface area contributed by atoms with Crippen molar-refractivity contribution in [1.29, 1.82) is 0 Å². The lowest BCUT2D eigenvalue weighted by Gasteiger charge is -2.35. The van der Waals surface area contributed by atoms with E-state index in [1.165, 1.54) is 25.7 Å². The minimum Gasteiger partial charge on any atom is -0.312 e. The Kier molecular flexibility index (Phi) is 3.59. The van der Waals surface area contributed by atoms with Gasteiger partial charge < -0.3 is 5.32 Å². The molecule has 0 bridgehead atoms. The van der Waals surface area contributed by atoms with Crippen molar-refractivity contribution in [3.05, 3.63) is 12.4 Å². The Hall–Kier alpha value is -0.900. The zero-order valence-electron chi connectivity index (χ0n) is 10.3. The second-order valence-electron chi connectivity index (χ2n) is 5.58. The van der Waals surface area contributed by atoms with E-state index in [1.54, 1.807) is 6.20 Å². The summed E-state index contributed by atoms with van der Waals surface area (Å²) in [7, 11) is 0. The van der Waals surface area contributed by atoms with E-state index in [1.807, 2.05) is 10.9 Å². The molecule has 1 aliphatic rings. The maximum absolute atomic E-state index is 3.95. The maximum atomic E-state index is 3.95. The van der Waals surface area contributed by atoms with Gasteiger partial charge in [-0.05, 0) is 24.7 Å². The zero-order valence-corrected chi connectivity index (χ0v) is 10.3. The summed E-state index contributed by atoms with van der Waals surface area (Å²) in [4.78, 5) is 0. The second kappa shape index (κ2) is 4.95. The number of hydrogen-bond acceptors (Lipinski definition) is 3. The van der Waals surface area contributed by atoms with Gasteiger partial charge in [-0.1, -0.05) is 25.5 Å². The van der Waals surface area contributed by atoms with Gasteiger partial charge in [-0.15, -0.1) is 5.10 Å². The molecule has 0 amide bonds. The van der Waals surface area contributed by atoms with Crippen molar-refractivity contribution in [3.63, 3.8) is 0 Å². The highest BCUT2D eigenvalue weighted by molar-refractivity contribution is 4.83. The number of nitrogens with one attached hydrogen (secondary N) is 1. The van der Waals surface area contributed by atoms with E-state index in [4.69, 9.17) is 0 Å². The van der Waals surface area contributed by atoms with Crippen LogP contribution in [-0.2, 0) is 6.54 Å². The van der Waals surface area contributed by atoms with Crippen LogP contribution in [0.4, 0.5) is 0 Å². The Morgan fingerprint density at radius 2 is 2.38 bits per heavy atom. The monoisotopic (exact) mass is 222 g/mol. The van der Waals surface area contributed by atoms with Gasteiger partial charge in [0.1, 0.15) is 0 Å². The highest BCUT2D eigenvalue weighted by Gasteiger charge is 2.27. The first kappa shape index (κ1) is 11.6. The molecule has 1 aromatic heterocycles. The molecule has 1 N–H and O–H groups in total. The standard InChI is InChI=1S/C12H22N4/c1-12(2)5-3-4-11(10-12)13-6-8-16-9-7-14-15-16/h7,9,11,13H,3-6,8,10H2,1-2H3. The smallest absolute Gasteiger partial charge is 0.0692 e. The molecule has 0 spiro atoms. The van der Waals surface area contributed by atoms with E-state index in [9.17, 15) is 0 Å². The fourth-order valence-corrected chi connectivity index (χ4v) is 2.61. The summed E-state index contributed by atoms with van der Waals surface area (Å²) >= 11 is 0. The van der Waals surface area contributed by atoms with Crippen LogP contribution in [0, 0.1) is 5.41 Å². The highest BCUT2D eigenvalue weighted by Crippen LogP contribution is 2.34. The molecule has 1 unspecified atom stereocenters. The summed E-state index contributed by atoms with van der Waals surface area (Å²) in [6.07, 6.45) is 8.98. The Bertz CT molecular complexity index is 305. The molecule has 4 nitrogen and oxygen atoms in total. The molecular formula is C12H22N4. The van der Waals surface area contributed by atoms with E-state index < -0.39 is 0 Å². The predicted octanol–water partition coefficient (Wildman–Crippen LogP) is 1.84. The van der Waals surface area contributed by atoms with Gasteiger partial charge in [0, 0.05) is 18.8 Å². The Balaban J connectivity index is 1.70. The van der Waals surface area contributed by atoms with E-state index in [2.05, 4.69) is 29.5 Å². The molecule has 0 radical (unpaired) electrons. The van der Waals surface area contributed by atoms with Crippen LogP contribution in [0.15, 0.2) is 12.4 Å². The third-order valence-electron chi connectivity index (χ3n) is 3.45. The van der Waals surface area contributed by atoms with Gasteiger partial charge in [0.25, 0.3) is 0 Å². The van der Waals surface area contributed by atoms with Crippen LogP contribution in [0.25, 0.3) is 0 Å². The van der Waals surface area contributed by atoms with Crippen molar-refractivity contribution in [2.24, 2.45) is 5.41 Å². The fourth-order valence-electron chi connectivity index (χ4n) is 2.61. The van der Waals surface area contributed by atoms with Crippen LogP contribution in [0.1, 0.15) is 39.5 Å². The van der Waals surface area contributed by atoms with Gasteiger partial charge >= 0.3 is 0 Å². The largest absolute Gasteiger partial charge is 0.312 e. The summed E-state index contributed by atoms with van der Waals surface area (Å²) in [5.41, 5.74) is 0.517. The first-order valence-electron chi connectivity index (χ1n) is 6.23. The van der Waals surface area contributed by atoms with Crippen LogP contribution in [0.2, 0.25) is 0 Å². The molecule has 90 valence electrons. The molecule has 4 heteroatoms. The quantitative estimate of drug-likeness (QED) is 0.845. The van der Waals surface area contributed by atoms with E-state index >= 15 is 0 Å². The third-order valence-corrected chi connectivity index (χ3v) is 3.45. The predicted molar refractivity (Wildman–Crippen MR) is 64.1 cm³/mol. The van der Waals surface area contributed by atoms with Crippen LogP contribution in [0.5, 0.6) is 0 Å². The molecule has 0 aromatic carbocycles. The lowest BCUT2D eigenvalue weighted by Crippen LogP contribution is -2.38. The van der Waals surface area contributed by atoms with Crippen LogP contribution >= 0.6 is 0 Å². The summed E-state index contributed by atoms with van der Waals surface area (Å²) in [6.45, 7) is 6.65. The zero-order chi connectivity index (χ0) is 11.4. The average molecular weight is 222 g/mol. The van der Waals surface area contributed by atoms with Crippen molar-refractivity contribution >= 4 is 0 Å². The summed E-state index contributed by atoms with van der Waals surface area (Å²) in [6, 6.07) is 0.687. The number of rotatable bonds is 4. The summed E-state index contributed by atoms with van der Waals surface area (Å²) in [5, 5.41) is 11.4. The number of hydrogen-bond donors (Lipinski definition) is 1. The Morgan fingerprint density at radius 1 is 1.50 bits per heavy atom. The lowest BCUT2D eigenvalue weighted by atomic mass is 9.75. The maximum Gasteiger partial charge on any atom is 0.0692 e. The van der Waals surface area contributed by atoms with E-state index in [-0.39, 0.29) is 0 Å². The molecule has 1 heterocycles. The van der Waals surface area contributed by atoms with Crippen molar-refractivity contribution in [2.75, 3.05) is 6.54 Å². The van der Waals surface area contributed by atoms with Gasteiger partial charge in [-0.3, -0.25) is 4.68 Å². The minimum absolute atomic E-state index is 0.517. The normalized spacial score (nSPS) is 24.5. The first-order valence-corrected chi connectivity index (χ1v) is 6.23. The molecule has 0 saturated heterocycles. The van der Waals surface area contributed by atoms with Crippen molar-refractivity contribution in [3.8, 4) is 0 Å². The molecule has 1 aromatic rings. The summed E-state index contributed by atoms with van der Waals surface area (Å²) < 4.78 is 1.88. The Morgan fingerprint density at radius 3 is 3.06 bits per heavy atom. The molecule has 1 aliphatic carbocycles. The van der Waals surface area contributed by atoms with Crippen LogP contribution in [0.3, 0.4) is 0 Å². The molecule has 1 fully saturated rings. The summed E-state index contributed by atoms with van der Waals surface area (Å²) in [5.74, 6) is 0. The van der Waals surface area contributed by atoms with Crippen molar-refractivity contribution < 1.29 is 0 Å². The van der Waals surface area contributed by atoms with Gasteiger partial charge in [0.15, 0.2) is 0 Å². The van der Waals surface area contributed by atoms with Gasteiger partial charge in [0.05, 0.1) is 12.7 Å². The minimum atomic E-state index is 0.517. The van der Waals surface area contributed by atoms with Crippen LogP contribution in [-0.4, -0.2) is 27.6 Å². The van der Waals surface area contributed by atoms with Gasteiger partial charge in [-0.25, -0.2) is 0 Å². The van der Waals surface area contributed by atoms with E-state index in [0.717, 1.165) is 13.1 Å². The topological polar surface area (TPSA) is 42.7 Å². The second-order valence-corrected chi connectivity index (χ2v) is 5.58. The van der Waals surface area contributed by atoms with Crippen LogP contribution < -0.4 is 5.32 Å². The SMILES string of the molecule is CC1(C)CCCC(NCCn2ccnn2)C1. The highest BCUT2D eigenvalue weighted by atomic mass is 15.4. The molecule has 1 atom stereocenters. The molecule has 16 heavy (non-hydrogen) atoms. The molecule has 2 rings (SSSR count). The van der Waals surface area contributed by atoms with Crippen molar-refractivity contribution in [2.45, 2.75) is 52.1 Å². The lowest BCUT2D eigenvalue weighted by molar-refractivity contribution is 0.197. The third kappa shape index (κ3) is 3.30. The van der Waals surface area contributed by atoms with Gasteiger partial charge in [0.2, 0.25) is 0 Å². The van der Waals surface area contributed by atoms with E-state index in [0.29, 0.717) is 11.5 Å². The fraction of sp³-hybridized carbons (Fsp3) is 0.833. The number of aromatic nitrogens is 3. The first-order chi connectivity index (χ1) is 7.66. The molecule has 0 aliphatic heterocycles. The Labute approximate surface area is 97.4 Å². The number of nitrogens with zero attached hydrogens (tertiary/aromatic N) is 3. The molecule has 1 saturated carbocycles.